The predicted molar refractivity (Wildman–Crippen MR) is 98.4 cm³/mol. The fourth-order valence-corrected chi connectivity index (χ4v) is 3.42. The number of hydrogen-bond donors (Lipinski definition) is 2. The molecule has 1 aliphatic rings. The first-order valence-electron chi connectivity index (χ1n) is 8.52. The first-order valence-corrected chi connectivity index (χ1v) is 8.52. The Hall–Kier alpha value is -2.66. The topological polar surface area (TPSA) is 69.2 Å². The molecule has 0 unspecified atom stereocenters. The highest BCUT2D eigenvalue weighted by Gasteiger charge is 2.16. The number of benzene rings is 2. The molecular formula is C20H23N3O2. The van der Waals surface area contributed by atoms with Crippen LogP contribution in [0.2, 0.25) is 0 Å². The molecule has 2 N–H and O–H groups in total. The van der Waals surface area contributed by atoms with Gasteiger partial charge in [0.15, 0.2) is 0 Å². The van der Waals surface area contributed by atoms with Crippen molar-refractivity contribution in [2.24, 2.45) is 0 Å². The van der Waals surface area contributed by atoms with E-state index < -0.39 is 0 Å². The van der Waals surface area contributed by atoms with Crippen LogP contribution in [-0.2, 0) is 24.3 Å². The molecule has 2 heterocycles. The summed E-state index contributed by atoms with van der Waals surface area (Å²) in [5.74, 6) is 0. The summed E-state index contributed by atoms with van der Waals surface area (Å²) >= 11 is 0. The number of aromatic nitrogens is 2. The highest BCUT2D eigenvalue weighted by Crippen LogP contribution is 2.23. The molecule has 0 saturated heterocycles. The zero-order valence-electron chi connectivity index (χ0n) is 14.4. The van der Waals surface area contributed by atoms with Crippen molar-refractivity contribution in [1.29, 1.82) is 0 Å². The SMILES string of the molecule is Cc1ccc2n[nH]c(CN3CCCc4ccccc4C3)c2c1.O=CO. The molecule has 0 spiro atoms. The monoisotopic (exact) mass is 337 g/mol. The van der Waals surface area contributed by atoms with Crippen LogP contribution >= 0.6 is 0 Å². The van der Waals surface area contributed by atoms with Gasteiger partial charge in [-0.25, -0.2) is 0 Å². The number of aromatic amines is 1. The number of nitrogens with zero attached hydrogens (tertiary/aromatic N) is 2. The predicted octanol–water partition coefficient (Wildman–Crippen LogP) is 3.52. The number of H-pyrrole nitrogens is 1. The number of carbonyl (C=O) groups is 1. The van der Waals surface area contributed by atoms with Gasteiger partial charge in [-0.15, -0.1) is 0 Å². The van der Waals surface area contributed by atoms with Crippen LogP contribution in [0, 0.1) is 6.92 Å². The van der Waals surface area contributed by atoms with Gasteiger partial charge >= 0.3 is 0 Å². The Bertz CT molecular complexity index is 857. The summed E-state index contributed by atoms with van der Waals surface area (Å²) in [5, 5.41) is 15.8. The third kappa shape index (κ3) is 4.06. The van der Waals surface area contributed by atoms with Crippen molar-refractivity contribution in [3.8, 4) is 0 Å². The average Bonchev–Trinajstić information content (AvgIpc) is 2.87. The Morgan fingerprint density at radius 2 is 2.00 bits per heavy atom. The van der Waals surface area contributed by atoms with E-state index in [4.69, 9.17) is 9.90 Å². The lowest BCUT2D eigenvalue weighted by Crippen LogP contribution is -2.23. The number of nitrogens with one attached hydrogen (secondary N) is 1. The van der Waals surface area contributed by atoms with Crippen LogP contribution in [0.1, 0.15) is 28.8 Å². The minimum atomic E-state index is -0.250. The molecule has 0 radical (unpaired) electrons. The van der Waals surface area contributed by atoms with E-state index >= 15 is 0 Å². The number of fused-ring (bicyclic) bond motifs is 2. The fourth-order valence-electron chi connectivity index (χ4n) is 3.42. The van der Waals surface area contributed by atoms with Crippen LogP contribution in [0.4, 0.5) is 0 Å². The lowest BCUT2D eigenvalue weighted by atomic mass is 10.0. The normalized spacial score (nSPS) is 14.3. The van der Waals surface area contributed by atoms with Gasteiger partial charge in [0.2, 0.25) is 0 Å². The van der Waals surface area contributed by atoms with E-state index in [1.807, 2.05) is 0 Å². The van der Waals surface area contributed by atoms with E-state index in [1.165, 1.54) is 40.6 Å². The second-order valence-electron chi connectivity index (χ2n) is 6.41. The maximum atomic E-state index is 8.36. The lowest BCUT2D eigenvalue weighted by molar-refractivity contribution is -0.122. The Morgan fingerprint density at radius 3 is 2.80 bits per heavy atom. The van der Waals surface area contributed by atoms with Gasteiger partial charge in [-0.1, -0.05) is 35.9 Å². The molecule has 0 amide bonds. The molecule has 0 saturated carbocycles. The van der Waals surface area contributed by atoms with Crippen LogP contribution in [0.25, 0.3) is 10.9 Å². The van der Waals surface area contributed by atoms with E-state index in [1.54, 1.807) is 0 Å². The largest absolute Gasteiger partial charge is 0.483 e. The van der Waals surface area contributed by atoms with Crippen molar-refractivity contribution in [2.45, 2.75) is 32.9 Å². The fraction of sp³-hybridized carbons (Fsp3) is 0.300. The minimum absolute atomic E-state index is 0.250. The first kappa shape index (κ1) is 17.2. The van der Waals surface area contributed by atoms with Gasteiger partial charge in [0, 0.05) is 18.5 Å². The molecule has 130 valence electrons. The summed E-state index contributed by atoms with van der Waals surface area (Å²) in [6.07, 6.45) is 2.41. The molecule has 5 heteroatoms. The number of aryl methyl sites for hydroxylation is 2. The number of rotatable bonds is 2. The van der Waals surface area contributed by atoms with Gasteiger partial charge in [-0.2, -0.15) is 5.10 Å². The highest BCUT2D eigenvalue weighted by molar-refractivity contribution is 5.81. The summed E-state index contributed by atoms with van der Waals surface area (Å²) in [4.78, 5) is 10.9. The maximum absolute atomic E-state index is 8.36. The molecule has 4 rings (SSSR count). The second kappa shape index (κ2) is 7.94. The molecular weight excluding hydrogens is 314 g/mol. The Balaban J connectivity index is 0.000000569. The van der Waals surface area contributed by atoms with Gasteiger partial charge in [0.25, 0.3) is 6.47 Å². The quantitative estimate of drug-likeness (QED) is 0.702. The van der Waals surface area contributed by atoms with E-state index in [-0.39, 0.29) is 6.47 Å². The van der Waals surface area contributed by atoms with Crippen molar-refractivity contribution < 1.29 is 9.90 Å². The summed E-state index contributed by atoms with van der Waals surface area (Å²) < 4.78 is 0. The van der Waals surface area contributed by atoms with E-state index in [9.17, 15) is 0 Å². The van der Waals surface area contributed by atoms with E-state index in [0.29, 0.717) is 0 Å². The molecule has 5 nitrogen and oxygen atoms in total. The third-order valence-electron chi connectivity index (χ3n) is 4.60. The van der Waals surface area contributed by atoms with Gasteiger partial charge in [-0.05, 0) is 49.6 Å². The van der Waals surface area contributed by atoms with Crippen molar-refractivity contribution in [3.63, 3.8) is 0 Å². The van der Waals surface area contributed by atoms with Crippen LogP contribution < -0.4 is 0 Å². The van der Waals surface area contributed by atoms with Crippen molar-refractivity contribution >= 4 is 17.4 Å². The van der Waals surface area contributed by atoms with Crippen molar-refractivity contribution in [3.05, 3.63) is 64.8 Å². The summed E-state index contributed by atoms with van der Waals surface area (Å²) in [6.45, 7) is 5.00. The van der Waals surface area contributed by atoms with E-state index in [0.717, 1.165) is 25.2 Å². The molecule has 3 aromatic rings. The molecule has 1 aromatic heterocycles. The molecule has 1 aliphatic heterocycles. The second-order valence-corrected chi connectivity index (χ2v) is 6.41. The van der Waals surface area contributed by atoms with Gasteiger partial charge < -0.3 is 5.11 Å². The standard InChI is InChI=1S/C19H21N3.CH2O2/c1-14-8-9-18-17(11-14)19(21-20-18)13-22-10-4-7-15-5-2-3-6-16(15)12-22;2-1-3/h2-3,5-6,8-9,11H,4,7,10,12-13H2,1H3,(H,20,21);1H,(H,2,3). The molecule has 0 fully saturated rings. The molecule has 0 bridgehead atoms. The molecule has 2 aromatic carbocycles. The summed E-state index contributed by atoms with van der Waals surface area (Å²) in [5.41, 5.74) is 6.57. The summed E-state index contributed by atoms with van der Waals surface area (Å²) in [6, 6.07) is 15.3. The zero-order valence-corrected chi connectivity index (χ0v) is 14.4. The minimum Gasteiger partial charge on any atom is -0.483 e. The Kier molecular flexibility index (Phi) is 5.46. The zero-order chi connectivity index (χ0) is 17.6. The van der Waals surface area contributed by atoms with Gasteiger partial charge in [0.05, 0.1) is 11.2 Å². The average molecular weight is 337 g/mol. The third-order valence-corrected chi connectivity index (χ3v) is 4.60. The van der Waals surface area contributed by atoms with Crippen molar-refractivity contribution in [2.75, 3.05) is 6.54 Å². The Labute approximate surface area is 147 Å². The maximum Gasteiger partial charge on any atom is 0.290 e. The molecule has 0 aliphatic carbocycles. The summed E-state index contributed by atoms with van der Waals surface area (Å²) in [7, 11) is 0. The number of hydrogen-bond acceptors (Lipinski definition) is 3. The first-order chi connectivity index (χ1) is 12.2. The smallest absolute Gasteiger partial charge is 0.290 e. The molecule has 25 heavy (non-hydrogen) atoms. The highest BCUT2D eigenvalue weighted by atomic mass is 16.3. The van der Waals surface area contributed by atoms with E-state index in [2.05, 4.69) is 64.5 Å². The van der Waals surface area contributed by atoms with Crippen LogP contribution in [0.5, 0.6) is 0 Å². The van der Waals surface area contributed by atoms with Crippen LogP contribution in [-0.4, -0.2) is 33.2 Å². The van der Waals surface area contributed by atoms with Crippen LogP contribution in [0.15, 0.2) is 42.5 Å². The lowest BCUT2D eigenvalue weighted by Gasteiger charge is -2.19. The molecule has 0 atom stereocenters. The van der Waals surface area contributed by atoms with Gasteiger partial charge in [0.1, 0.15) is 0 Å². The van der Waals surface area contributed by atoms with Crippen LogP contribution in [0.3, 0.4) is 0 Å². The number of carboxylic acid groups (broad SMARTS) is 1. The Morgan fingerprint density at radius 1 is 1.24 bits per heavy atom. The van der Waals surface area contributed by atoms with Crippen molar-refractivity contribution in [1.82, 2.24) is 15.1 Å². The van der Waals surface area contributed by atoms with Gasteiger partial charge in [-0.3, -0.25) is 14.8 Å².